The molecule has 1 aromatic heterocycles. The Morgan fingerprint density at radius 3 is 2.23 bits per heavy atom. The van der Waals surface area contributed by atoms with Crippen LogP contribution in [0.15, 0.2) is 24.3 Å². The minimum Gasteiger partial charge on any atom is -0.315 e. The third-order valence-corrected chi connectivity index (χ3v) is 4.84. The summed E-state index contributed by atoms with van der Waals surface area (Å²) in [6, 6.07) is 7.46. The molecule has 0 aliphatic rings. The van der Waals surface area contributed by atoms with Crippen LogP contribution >= 0.6 is 0 Å². The number of nitrogens with one attached hydrogen (secondary N) is 2. The van der Waals surface area contributed by atoms with Gasteiger partial charge in [-0.1, -0.05) is 52.8 Å². The molecule has 0 unspecified atom stereocenters. The molecule has 7 nitrogen and oxygen atoms in total. The molecule has 0 bridgehead atoms. The Hall–Kier alpha value is -2.83. The third-order valence-electron chi connectivity index (χ3n) is 4.84. The largest absolute Gasteiger partial charge is 0.322 e. The third kappa shape index (κ3) is 6.08. The Kier molecular flexibility index (Phi) is 7.29. The van der Waals surface area contributed by atoms with Gasteiger partial charge >= 0.3 is 6.03 Å². The van der Waals surface area contributed by atoms with E-state index in [2.05, 4.69) is 36.5 Å². The van der Waals surface area contributed by atoms with Crippen LogP contribution in [0.4, 0.5) is 16.3 Å². The molecule has 0 aliphatic carbocycles. The van der Waals surface area contributed by atoms with Crippen molar-refractivity contribution in [2.45, 2.75) is 53.9 Å². The van der Waals surface area contributed by atoms with Crippen LogP contribution in [0.5, 0.6) is 0 Å². The molecule has 2 rings (SSSR count). The highest BCUT2D eigenvalue weighted by Crippen LogP contribution is 2.23. The summed E-state index contributed by atoms with van der Waals surface area (Å²) in [5.41, 5.74) is 3.55. The maximum Gasteiger partial charge on any atom is 0.322 e. The minimum absolute atomic E-state index is 0.0367. The summed E-state index contributed by atoms with van der Waals surface area (Å²) in [4.78, 5) is 27.2. The van der Waals surface area contributed by atoms with Gasteiger partial charge in [-0.15, -0.1) is 0 Å². The highest BCUT2D eigenvalue weighted by Gasteiger charge is 2.22. The summed E-state index contributed by atoms with van der Waals surface area (Å²) in [6.45, 7) is 14.6. The molecule has 1 heterocycles. The van der Waals surface area contributed by atoms with Crippen LogP contribution in [0, 0.1) is 19.8 Å². The van der Waals surface area contributed by atoms with Gasteiger partial charge in [0.05, 0.1) is 5.69 Å². The summed E-state index contributed by atoms with van der Waals surface area (Å²) in [5.74, 6) is 0.589. The van der Waals surface area contributed by atoms with Crippen molar-refractivity contribution in [2.75, 3.05) is 23.7 Å². The van der Waals surface area contributed by atoms with E-state index in [1.54, 1.807) is 16.6 Å². The predicted octanol–water partition coefficient (Wildman–Crippen LogP) is 4.46. The van der Waals surface area contributed by atoms with Gasteiger partial charge in [0.25, 0.3) is 0 Å². The van der Waals surface area contributed by atoms with E-state index < -0.39 is 0 Å². The van der Waals surface area contributed by atoms with Gasteiger partial charge in [-0.25, -0.2) is 4.79 Å². The second-order valence-corrected chi connectivity index (χ2v) is 9.31. The molecule has 0 atom stereocenters. The first-order chi connectivity index (χ1) is 13.9. The number of carbonyl (C=O) groups is 2. The number of carbonyl (C=O) groups excluding carboxylic acids is 2. The molecule has 0 radical (unpaired) electrons. The molecule has 7 heteroatoms. The first-order valence-electron chi connectivity index (χ1n) is 10.3. The van der Waals surface area contributed by atoms with E-state index in [4.69, 9.17) is 0 Å². The summed E-state index contributed by atoms with van der Waals surface area (Å²) < 4.78 is 1.65. The van der Waals surface area contributed by atoms with Gasteiger partial charge in [0.1, 0.15) is 12.4 Å². The smallest absolute Gasteiger partial charge is 0.315 e. The molecule has 164 valence electrons. The lowest BCUT2D eigenvalue weighted by Crippen LogP contribution is -2.42. The van der Waals surface area contributed by atoms with Crippen LogP contribution in [0.3, 0.4) is 0 Å². The zero-order chi connectivity index (χ0) is 22.6. The molecule has 2 N–H and O–H groups in total. The molecule has 0 saturated heterocycles. The Morgan fingerprint density at radius 2 is 1.73 bits per heavy atom. The fourth-order valence-corrected chi connectivity index (χ4v) is 3.16. The van der Waals surface area contributed by atoms with Crippen molar-refractivity contribution in [1.82, 2.24) is 14.7 Å². The number of hydrogen-bond donors (Lipinski definition) is 2. The number of amides is 3. The van der Waals surface area contributed by atoms with Crippen LogP contribution in [-0.2, 0) is 17.3 Å². The monoisotopic (exact) mass is 413 g/mol. The Labute approximate surface area is 179 Å². The number of urea groups is 1. The van der Waals surface area contributed by atoms with E-state index in [1.807, 2.05) is 52.0 Å². The number of para-hydroxylation sites is 1. The molecule has 3 amide bonds. The molecule has 0 spiro atoms. The Morgan fingerprint density at radius 1 is 1.13 bits per heavy atom. The fraction of sp³-hybridized carbons (Fsp3) is 0.522. The Bertz CT molecular complexity index is 889. The van der Waals surface area contributed by atoms with Crippen LogP contribution in [0.25, 0.3) is 0 Å². The number of aryl methyl sites for hydroxylation is 3. The maximum atomic E-state index is 13.0. The predicted molar refractivity (Wildman–Crippen MR) is 122 cm³/mol. The van der Waals surface area contributed by atoms with Gasteiger partial charge in [-0.3, -0.25) is 9.48 Å². The molecule has 0 saturated carbocycles. The normalized spacial score (nSPS) is 11.5. The standard InChI is InChI=1S/C23H35N5O2/c1-15(2)13-28(22(30)25-21-16(3)10-9-11-17(21)4)14-20(29)24-19-12-18(23(5,6)7)26-27(19)8/h9-12,15H,13-14H2,1-8H3,(H,24,29)(H,25,30). The number of anilines is 2. The number of aromatic nitrogens is 2. The fourth-order valence-electron chi connectivity index (χ4n) is 3.16. The van der Waals surface area contributed by atoms with Crippen molar-refractivity contribution >= 4 is 23.4 Å². The van der Waals surface area contributed by atoms with Crippen molar-refractivity contribution in [3.05, 3.63) is 41.1 Å². The first kappa shape index (κ1) is 23.4. The van der Waals surface area contributed by atoms with Crippen molar-refractivity contribution in [1.29, 1.82) is 0 Å². The highest BCUT2D eigenvalue weighted by molar-refractivity contribution is 5.97. The molecule has 2 aromatic rings. The van der Waals surface area contributed by atoms with E-state index >= 15 is 0 Å². The van der Waals surface area contributed by atoms with Crippen molar-refractivity contribution < 1.29 is 9.59 Å². The number of nitrogens with zero attached hydrogens (tertiary/aromatic N) is 3. The highest BCUT2D eigenvalue weighted by atomic mass is 16.2. The van der Waals surface area contributed by atoms with Crippen molar-refractivity contribution in [3.8, 4) is 0 Å². The van der Waals surface area contributed by atoms with Gasteiger partial charge < -0.3 is 15.5 Å². The molecule has 0 aliphatic heterocycles. The van der Waals surface area contributed by atoms with Crippen molar-refractivity contribution in [2.24, 2.45) is 13.0 Å². The molecule has 1 aromatic carbocycles. The number of rotatable bonds is 6. The van der Waals surface area contributed by atoms with E-state index in [9.17, 15) is 9.59 Å². The topological polar surface area (TPSA) is 79.3 Å². The molecule has 30 heavy (non-hydrogen) atoms. The van der Waals surface area contributed by atoms with Gasteiger partial charge in [0.15, 0.2) is 0 Å². The maximum absolute atomic E-state index is 13.0. The van der Waals surface area contributed by atoms with Gasteiger partial charge in [0, 0.05) is 30.8 Å². The minimum atomic E-state index is -0.281. The Balaban J connectivity index is 2.13. The number of benzene rings is 1. The second kappa shape index (κ2) is 9.32. The van der Waals surface area contributed by atoms with Crippen LogP contribution in [0.2, 0.25) is 0 Å². The van der Waals surface area contributed by atoms with E-state index in [-0.39, 0.29) is 29.8 Å². The summed E-state index contributed by atoms with van der Waals surface area (Å²) in [7, 11) is 1.80. The SMILES string of the molecule is Cc1cccc(C)c1NC(=O)N(CC(=O)Nc1cc(C(C)(C)C)nn1C)CC(C)C. The molecule has 0 fully saturated rings. The summed E-state index contributed by atoms with van der Waals surface area (Å²) in [5, 5.41) is 10.3. The zero-order valence-corrected chi connectivity index (χ0v) is 19.5. The number of hydrogen-bond acceptors (Lipinski definition) is 3. The lowest BCUT2D eigenvalue weighted by molar-refractivity contribution is -0.116. The van der Waals surface area contributed by atoms with Crippen molar-refractivity contribution in [3.63, 3.8) is 0 Å². The molecular formula is C23H35N5O2. The second-order valence-electron chi connectivity index (χ2n) is 9.31. The lowest BCUT2D eigenvalue weighted by Gasteiger charge is -2.25. The van der Waals surface area contributed by atoms with Gasteiger partial charge in [0.2, 0.25) is 5.91 Å². The molecular weight excluding hydrogens is 378 g/mol. The van der Waals surface area contributed by atoms with E-state index in [0.717, 1.165) is 22.5 Å². The summed E-state index contributed by atoms with van der Waals surface area (Å²) >= 11 is 0. The zero-order valence-electron chi connectivity index (χ0n) is 19.5. The van der Waals surface area contributed by atoms with Crippen LogP contribution in [0.1, 0.15) is 51.4 Å². The average Bonchev–Trinajstić information content (AvgIpc) is 2.98. The average molecular weight is 414 g/mol. The first-order valence-corrected chi connectivity index (χ1v) is 10.3. The van der Waals surface area contributed by atoms with Gasteiger partial charge in [-0.05, 0) is 30.9 Å². The van der Waals surface area contributed by atoms with Crippen LogP contribution in [-0.4, -0.2) is 39.7 Å². The van der Waals surface area contributed by atoms with Gasteiger partial charge in [-0.2, -0.15) is 5.10 Å². The quantitative estimate of drug-likeness (QED) is 0.734. The summed E-state index contributed by atoms with van der Waals surface area (Å²) in [6.07, 6.45) is 0. The van der Waals surface area contributed by atoms with E-state index in [0.29, 0.717) is 12.4 Å². The lowest BCUT2D eigenvalue weighted by atomic mass is 9.92. The van der Waals surface area contributed by atoms with Crippen LogP contribution < -0.4 is 10.6 Å². The van der Waals surface area contributed by atoms with E-state index in [1.165, 1.54) is 0 Å².